The van der Waals surface area contributed by atoms with E-state index in [-0.39, 0.29) is 5.91 Å². The molecule has 0 spiro atoms. The maximum Gasteiger partial charge on any atom is 0.282 e. The third-order valence-corrected chi connectivity index (χ3v) is 3.76. The summed E-state index contributed by atoms with van der Waals surface area (Å²) in [4.78, 5) is 12.5. The van der Waals surface area contributed by atoms with Crippen LogP contribution in [-0.2, 0) is 6.42 Å². The number of nitrogens with one attached hydrogen (secondary N) is 1. The lowest BCUT2D eigenvalue weighted by Gasteiger charge is -2.03. The minimum absolute atomic E-state index is 0.159. The van der Waals surface area contributed by atoms with Crippen LogP contribution in [0.2, 0.25) is 0 Å². The van der Waals surface area contributed by atoms with E-state index in [1.54, 1.807) is 0 Å². The van der Waals surface area contributed by atoms with E-state index in [0.717, 1.165) is 12.8 Å². The van der Waals surface area contributed by atoms with Crippen molar-refractivity contribution in [1.82, 2.24) is 25.1 Å². The molecule has 0 aliphatic heterocycles. The van der Waals surface area contributed by atoms with Gasteiger partial charge < -0.3 is 5.32 Å². The average Bonchev–Trinajstić information content (AvgIpc) is 3.05. The van der Waals surface area contributed by atoms with Gasteiger partial charge >= 0.3 is 0 Å². The first-order valence-corrected chi connectivity index (χ1v) is 7.13. The number of fused-ring (bicyclic) bond motifs is 1. The average molecular weight is 287 g/mol. The first kappa shape index (κ1) is 12.7. The van der Waals surface area contributed by atoms with Crippen molar-refractivity contribution in [2.45, 2.75) is 12.8 Å². The molecule has 3 rings (SSSR count). The normalized spacial score (nSPS) is 10.8. The van der Waals surface area contributed by atoms with Crippen LogP contribution in [-0.4, -0.2) is 32.3 Å². The molecule has 2 heterocycles. The second kappa shape index (κ2) is 5.79. The molecule has 0 aliphatic carbocycles. The largest absolute Gasteiger partial charge is 0.350 e. The van der Waals surface area contributed by atoms with E-state index in [0.29, 0.717) is 16.5 Å². The highest BCUT2D eigenvalue weighted by Gasteiger charge is 2.12. The Hall–Kier alpha value is -2.28. The molecule has 0 aliphatic rings. The summed E-state index contributed by atoms with van der Waals surface area (Å²) in [6, 6.07) is 10.2. The van der Waals surface area contributed by atoms with E-state index in [9.17, 15) is 4.79 Å². The Morgan fingerprint density at radius 1 is 1.30 bits per heavy atom. The molecular formula is C13H13N5OS. The lowest BCUT2D eigenvalue weighted by molar-refractivity contribution is 0.0952. The number of aryl methyl sites for hydroxylation is 1. The number of hydrogen-bond donors (Lipinski definition) is 1. The summed E-state index contributed by atoms with van der Waals surface area (Å²) in [5.41, 5.74) is 1.28. The number of hydrogen-bond acceptors (Lipinski definition) is 5. The van der Waals surface area contributed by atoms with Crippen LogP contribution >= 0.6 is 11.3 Å². The number of rotatable bonds is 5. The Labute approximate surface area is 119 Å². The summed E-state index contributed by atoms with van der Waals surface area (Å²) in [5, 5.41) is 14.9. The second-order valence-corrected chi connectivity index (χ2v) is 5.27. The van der Waals surface area contributed by atoms with E-state index < -0.39 is 0 Å². The van der Waals surface area contributed by atoms with E-state index in [1.165, 1.54) is 27.7 Å². The van der Waals surface area contributed by atoms with Crippen LogP contribution in [0.15, 0.2) is 36.7 Å². The molecule has 1 aromatic carbocycles. The van der Waals surface area contributed by atoms with Crippen molar-refractivity contribution in [2.75, 3.05) is 6.54 Å². The fourth-order valence-electron chi connectivity index (χ4n) is 1.87. The molecule has 0 atom stereocenters. The van der Waals surface area contributed by atoms with Crippen LogP contribution in [0.1, 0.15) is 21.8 Å². The SMILES string of the molecule is O=C(NCCCc1ccccc1)c1nn2cnnc2s1. The summed E-state index contributed by atoms with van der Waals surface area (Å²) in [6.07, 6.45) is 3.34. The molecule has 102 valence electrons. The highest BCUT2D eigenvalue weighted by atomic mass is 32.1. The molecule has 6 nitrogen and oxygen atoms in total. The molecule has 0 unspecified atom stereocenters. The molecule has 0 radical (unpaired) electrons. The van der Waals surface area contributed by atoms with Crippen molar-refractivity contribution in [3.8, 4) is 0 Å². The minimum Gasteiger partial charge on any atom is -0.350 e. The molecular weight excluding hydrogens is 274 g/mol. The molecule has 3 aromatic rings. The Morgan fingerprint density at radius 2 is 2.15 bits per heavy atom. The monoisotopic (exact) mass is 287 g/mol. The fourth-order valence-corrected chi connectivity index (χ4v) is 2.60. The van der Waals surface area contributed by atoms with Crippen molar-refractivity contribution >= 4 is 22.2 Å². The van der Waals surface area contributed by atoms with Gasteiger partial charge in [-0.1, -0.05) is 41.7 Å². The van der Waals surface area contributed by atoms with Crippen LogP contribution in [0.5, 0.6) is 0 Å². The Bertz CT molecular complexity index is 677. The molecule has 1 N–H and O–H groups in total. The van der Waals surface area contributed by atoms with Gasteiger partial charge in [0, 0.05) is 6.54 Å². The van der Waals surface area contributed by atoms with Crippen LogP contribution < -0.4 is 5.32 Å². The van der Waals surface area contributed by atoms with E-state index in [4.69, 9.17) is 0 Å². The van der Waals surface area contributed by atoms with Crippen LogP contribution in [0.25, 0.3) is 4.96 Å². The maximum absolute atomic E-state index is 11.9. The highest BCUT2D eigenvalue weighted by molar-refractivity contribution is 7.18. The van der Waals surface area contributed by atoms with E-state index in [2.05, 4.69) is 32.7 Å². The summed E-state index contributed by atoms with van der Waals surface area (Å²) >= 11 is 1.23. The topological polar surface area (TPSA) is 72.2 Å². The van der Waals surface area contributed by atoms with Crippen LogP contribution in [0.4, 0.5) is 0 Å². The smallest absolute Gasteiger partial charge is 0.282 e. The van der Waals surface area contributed by atoms with Gasteiger partial charge in [0.25, 0.3) is 5.91 Å². The molecule has 1 amide bonds. The third-order valence-electron chi connectivity index (χ3n) is 2.85. The number of carbonyl (C=O) groups is 1. The van der Waals surface area contributed by atoms with Gasteiger partial charge in [-0.15, -0.1) is 15.3 Å². The van der Waals surface area contributed by atoms with Gasteiger partial charge in [-0.05, 0) is 18.4 Å². The summed E-state index contributed by atoms with van der Waals surface area (Å²) in [5.74, 6) is -0.159. The predicted molar refractivity (Wildman–Crippen MR) is 75.8 cm³/mol. The second-order valence-electron chi connectivity index (χ2n) is 4.31. The number of carbonyl (C=O) groups excluding carboxylic acids is 1. The third kappa shape index (κ3) is 2.83. The van der Waals surface area contributed by atoms with Gasteiger partial charge in [-0.25, -0.2) is 0 Å². The minimum atomic E-state index is -0.159. The number of aromatic nitrogens is 4. The summed E-state index contributed by atoms with van der Waals surface area (Å²) in [7, 11) is 0. The number of amides is 1. The first-order valence-electron chi connectivity index (χ1n) is 6.32. The molecule has 0 fully saturated rings. The maximum atomic E-state index is 11.9. The first-order chi connectivity index (χ1) is 9.83. The van der Waals surface area contributed by atoms with Crippen molar-refractivity contribution in [2.24, 2.45) is 0 Å². The van der Waals surface area contributed by atoms with Crippen LogP contribution in [0.3, 0.4) is 0 Å². The Morgan fingerprint density at radius 3 is 2.95 bits per heavy atom. The summed E-state index contributed by atoms with van der Waals surface area (Å²) in [6.45, 7) is 0.633. The van der Waals surface area contributed by atoms with Crippen molar-refractivity contribution in [3.05, 3.63) is 47.2 Å². The zero-order valence-corrected chi connectivity index (χ0v) is 11.5. The Balaban J connectivity index is 1.49. The molecule has 0 saturated heterocycles. The quantitative estimate of drug-likeness (QED) is 0.723. The highest BCUT2D eigenvalue weighted by Crippen LogP contribution is 2.11. The molecule has 0 bridgehead atoms. The van der Waals surface area contributed by atoms with Gasteiger partial charge in [0.1, 0.15) is 6.33 Å². The standard InChI is InChI=1S/C13H13N5OS/c19-11(12-17-18-9-15-16-13(18)20-12)14-8-4-7-10-5-2-1-3-6-10/h1-3,5-6,9H,4,7-8H2,(H,14,19). The lowest BCUT2D eigenvalue weighted by Crippen LogP contribution is -2.24. The van der Waals surface area contributed by atoms with Gasteiger partial charge in [-0.3, -0.25) is 4.79 Å². The van der Waals surface area contributed by atoms with Gasteiger partial charge in [-0.2, -0.15) is 4.52 Å². The lowest BCUT2D eigenvalue weighted by atomic mass is 10.1. The van der Waals surface area contributed by atoms with Crippen molar-refractivity contribution < 1.29 is 4.79 Å². The van der Waals surface area contributed by atoms with Gasteiger partial charge in [0.15, 0.2) is 0 Å². The van der Waals surface area contributed by atoms with Crippen LogP contribution in [0, 0.1) is 0 Å². The number of benzene rings is 1. The zero-order chi connectivity index (χ0) is 13.8. The molecule has 2 aromatic heterocycles. The summed E-state index contributed by atoms with van der Waals surface area (Å²) < 4.78 is 1.50. The van der Waals surface area contributed by atoms with E-state index in [1.807, 2.05) is 18.2 Å². The Kier molecular flexibility index (Phi) is 3.69. The van der Waals surface area contributed by atoms with Crippen molar-refractivity contribution in [3.63, 3.8) is 0 Å². The molecule has 20 heavy (non-hydrogen) atoms. The van der Waals surface area contributed by atoms with E-state index >= 15 is 0 Å². The van der Waals surface area contributed by atoms with Gasteiger partial charge in [0.05, 0.1) is 0 Å². The fraction of sp³-hybridized carbons (Fsp3) is 0.231. The van der Waals surface area contributed by atoms with Crippen molar-refractivity contribution in [1.29, 1.82) is 0 Å². The predicted octanol–water partition coefficient (Wildman–Crippen LogP) is 1.55. The number of nitrogens with zero attached hydrogens (tertiary/aromatic N) is 4. The molecule has 7 heteroatoms. The molecule has 0 saturated carbocycles. The zero-order valence-electron chi connectivity index (χ0n) is 10.7. The van der Waals surface area contributed by atoms with Gasteiger partial charge in [0.2, 0.25) is 9.97 Å².